The van der Waals surface area contributed by atoms with Crippen molar-refractivity contribution >= 4 is 0 Å². The maximum Gasteiger partial charge on any atom is 0.127 e. The monoisotopic (exact) mass is 227 g/mol. The van der Waals surface area contributed by atoms with E-state index in [1.807, 2.05) is 0 Å². The Kier molecular flexibility index (Phi) is 4.26. The maximum absolute atomic E-state index is 13.1. The maximum atomic E-state index is 13.1. The number of hydrogen-bond donors (Lipinski definition) is 2. The van der Waals surface area contributed by atoms with Crippen LogP contribution in [0.5, 0.6) is 5.75 Å². The van der Waals surface area contributed by atoms with Crippen molar-refractivity contribution in [3.63, 3.8) is 0 Å². The highest BCUT2D eigenvalue weighted by Crippen LogP contribution is 2.17. The predicted molar refractivity (Wildman–Crippen MR) is 60.7 cm³/mol. The van der Waals surface area contributed by atoms with Gasteiger partial charge in [0.05, 0.1) is 12.2 Å². The Balaban J connectivity index is 2.57. The van der Waals surface area contributed by atoms with Crippen molar-refractivity contribution in [1.82, 2.24) is 0 Å². The Labute approximate surface area is 95.0 Å². The summed E-state index contributed by atoms with van der Waals surface area (Å²) in [5.41, 5.74) is 5.34. The van der Waals surface area contributed by atoms with Gasteiger partial charge in [-0.15, -0.1) is 0 Å². The summed E-state index contributed by atoms with van der Waals surface area (Å²) in [5.74, 6) is 0.0888. The van der Waals surface area contributed by atoms with Gasteiger partial charge in [-0.1, -0.05) is 0 Å². The number of nitrogens with two attached hydrogens (primary N) is 1. The molecule has 0 bridgehead atoms. The number of hydrogen-bond acceptors (Lipinski definition) is 3. The second kappa shape index (κ2) is 5.27. The molecule has 1 rings (SSSR count). The summed E-state index contributed by atoms with van der Waals surface area (Å²) in [7, 11) is 0. The molecule has 0 spiro atoms. The Bertz CT molecular complexity index is 347. The zero-order chi connectivity index (χ0) is 12.2. The van der Waals surface area contributed by atoms with Gasteiger partial charge in [-0.25, -0.2) is 4.39 Å². The fraction of sp³-hybridized carbons (Fsp3) is 0.500. The van der Waals surface area contributed by atoms with Gasteiger partial charge in [-0.2, -0.15) is 0 Å². The minimum Gasteiger partial charge on any atom is -0.493 e. The van der Waals surface area contributed by atoms with E-state index in [4.69, 9.17) is 10.5 Å². The minimum absolute atomic E-state index is 0.277. The molecule has 0 saturated carbocycles. The van der Waals surface area contributed by atoms with Crippen LogP contribution in [0.1, 0.15) is 25.8 Å². The van der Waals surface area contributed by atoms with Crippen LogP contribution < -0.4 is 10.5 Å². The fourth-order valence-corrected chi connectivity index (χ4v) is 1.24. The van der Waals surface area contributed by atoms with Crippen LogP contribution in [0.2, 0.25) is 0 Å². The van der Waals surface area contributed by atoms with Gasteiger partial charge in [0.1, 0.15) is 11.6 Å². The molecule has 0 radical (unpaired) electrons. The Morgan fingerprint density at radius 1 is 1.38 bits per heavy atom. The molecule has 0 unspecified atom stereocenters. The number of halogens is 1. The Hall–Kier alpha value is -1.13. The quantitative estimate of drug-likeness (QED) is 0.806. The predicted octanol–water partition coefficient (Wildman–Crippen LogP) is 1.82. The van der Waals surface area contributed by atoms with Crippen LogP contribution in [-0.2, 0) is 6.54 Å². The summed E-state index contributed by atoms with van der Waals surface area (Å²) in [4.78, 5) is 0. The van der Waals surface area contributed by atoms with Crippen molar-refractivity contribution in [2.45, 2.75) is 32.4 Å². The fourth-order valence-electron chi connectivity index (χ4n) is 1.24. The summed E-state index contributed by atoms with van der Waals surface area (Å²) >= 11 is 0. The molecule has 4 heteroatoms. The molecule has 0 fully saturated rings. The van der Waals surface area contributed by atoms with Crippen molar-refractivity contribution in [2.24, 2.45) is 5.73 Å². The third-order valence-electron chi connectivity index (χ3n) is 2.15. The van der Waals surface area contributed by atoms with Gasteiger partial charge in [0, 0.05) is 19.0 Å². The average molecular weight is 227 g/mol. The molecule has 0 atom stereocenters. The van der Waals surface area contributed by atoms with E-state index >= 15 is 0 Å². The van der Waals surface area contributed by atoms with E-state index in [1.54, 1.807) is 19.9 Å². The first-order chi connectivity index (χ1) is 7.40. The summed E-state index contributed by atoms with van der Waals surface area (Å²) in [6.45, 7) is 4.02. The molecule has 90 valence electrons. The summed E-state index contributed by atoms with van der Waals surface area (Å²) in [5, 5.41) is 9.48. The van der Waals surface area contributed by atoms with Gasteiger partial charge in [-0.05, 0) is 31.5 Å². The van der Waals surface area contributed by atoms with Crippen molar-refractivity contribution in [3.05, 3.63) is 29.6 Å². The van der Waals surface area contributed by atoms with Crippen LogP contribution in [0.25, 0.3) is 0 Å². The highest BCUT2D eigenvalue weighted by atomic mass is 19.1. The van der Waals surface area contributed by atoms with E-state index in [2.05, 4.69) is 0 Å². The number of ether oxygens (including phenoxy) is 1. The molecule has 1 aromatic rings. The van der Waals surface area contributed by atoms with E-state index < -0.39 is 5.60 Å². The first-order valence-corrected chi connectivity index (χ1v) is 5.25. The van der Waals surface area contributed by atoms with E-state index in [-0.39, 0.29) is 12.4 Å². The highest BCUT2D eigenvalue weighted by Gasteiger charge is 2.12. The molecule has 0 amide bonds. The van der Waals surface area contributed by atoms with E-state index in [0.29, 0.717) is 24.3 Å². The van der Waals surface area contributed by atoms with Gasteiger partial charge in [0.2, 0.25) is 0 Å². The lowest BCUT2D eigenvalue weighted by Crippen LogP contribution is -2.21. The summed E-state index contributed by atoms with van der Waals surface area (Å²) in [6.07, 6.45) is 0.488. The number of rotatable bonds is 5. The van der Waals surface area contributed by atoms with Crippen LogP contribution >= 0.6 is 0 Å². The lowest BCUT2D eigenvalue weighted by Gasteiger charge is -2.17. The van der Waals surface area contributed by atoms with E-state index in [1.165, 1.54) is 12.1 Å². The minimum atomic E-state index is -0.774. The molecule has 16 heavy (non-hydrogen) atoms. The van der Waals surface area contributed by atoms with Crippen molar-refractivity contribution < 1.29 is 14.2 Å². The standard InChI is InChI=1S/C12H18FNO2/c1-12(2,15)3-4-16-11-6-9(8-14)5-10(13)7-11/h5-7,15H,3-4,8,14H2,1-2H3. The van der Waals surface area contributed by atoms with Crippen LogP contribution in [0.15, 0.2) is 18.2 Å². The summed E-state index contributed by atoms with van der Waals surface area (Å²) < 4.78 is 18.4. The molecule has 3 nitrogen and oxygen atoms in total. The lowest BCUT2D eigenvalue weighted by molar-refractivity contribution is 0.0553. The molecule has 1 aromatic carbocycles. The molecule has 0 aliphatic carbocycles. The zero-order valence-electron chi connectivity index (χ0n) is 9.66. The van der Waals surface area contributed by atoms with Crippen LogP contribution in [0, 0.1) is 5.82 Å². The normalized spacial score (nSPS) is 11.6. The van der Waals surface area contributed by atoms with Crippen LogP contribution in [-0.4, -0.2) is 17.3 Å². The van der Waals surface area contributed by atoms with Gasteiger partial charge >= 0.3 is 0 Å². The molecule has 3 N–H and O–H groups in total. The SMILES string of the molecule is CC(C)(O)CCOc1cc(F)cc(CN)c1. The van der Waals surface area contributed by atoms with Gasteiger partial charge < -0.3 is 15.6 Å². The second-order valence-electron chi connectivity index (χ2n) is 4.41. The van der Waals surface area contributed by atoms with Crippen molar-refractivity contribution in [2.75, 3.05) is 6.61 Å². The second-order valence-corrected chi connectivity index (χ2v) is 4.41. The topological polar surface area (TPSA) is 55.5 Å². The molecular formula is C12H18FNO2. The number of aliphatic hydroxyl groups is 1. The largest absolute Gasteiger partial charge is 0.493 e. The van der Waals surface area contributed by atoms with E-state index in [9.17, 15) is 9.50 Å². The molecule has 0 saturated heterocycles. The first kappa shape index (κ1) is 12.9. The highest BCUT2D eigenvalue weighted by molar-refractivity contribution is 5.29. The zero-order valence-corrected chi connectivity index (χ0v) is 9.66. The van der Waals surface area contributed by atoms with Crippen LogP contribution in [0.4, 0.5) is 4.39 Å². The van der Waals surface area contributed by atoms with Gasteiger partial charge in [0.15, 0.2) is 0 Å². The molecular weight excluding hydrogens is 209 g/mol. The van der Waals surface area contributed by atoms with Crippen molar-refractivity contribution in [1.29, 1.82) is 0 Å². The molecule has 0 aromatic heterocycles. The number of benzene rings is 1. The summed E-state index contributed by atoms with van der Waals surface area (Å²) in [6, 6.07) is 4.39. The van der Waals surface area contributed by atoms with Crippen molar-refractivity contribution in [3.8, 4) is 5.75 Å². The molecule has 0 heterocycles. The van der Waals surface area contributed by atoms with Crippen LogP contribution in [0.3, 0.4) is 0 Å². The third-order valence-corrected chi connectivity index (χ3v) is 2.15. The van der Waals surface area contributed by atoms with E-state index in [0.717, 1.165) is 0 Å². The Morgan fingerprint density at radius 2 is 2.06 bits per heavy atom. The smallest absolute Gasteiger partial charge is 0.127 e. The molecule has 0 aliphatic heterocycles. The van der Waals surface area contributed by atoms with Gasteiger partial charge in [-0.3, -0.25) is 0 Å². The Morgan fingerprint density at radius 3 is 2.62 bits per heavy atom. The first-order valence-electron chi connectivity index (χ1n) is 5.25. The third kappa shape index (κ3) is 4.59. The van der Waals surface area contributed by atoms with Gasteiger partial charge in [0.25, 0.3) is 0 Å². The average Bonchev–Trinajstić information content (AvgIpc) is 2.14. The molecule has 0 aliphatic rings. The lowest BCUT2D eigenvalue weighted by atomic mass is 10.1.